The van der Waals surface area contributed by atoms with E-state index in [4.69, 9.17) is 9.97 Å². The van der Waals surface area contributed by atoms with Crippen molar-refractivity contribution in [3.05, 3.63) is 11.4 Å². The molecule has 1 atom stereocenters. The summed E-state index contributed by atoms with van der Waals surface area (Å²) in [6.45, 7) is 15.1. The zero-order valence-electron chi connectivity index (χ0n) is 14.8. The summed E-state index contributed by atoms with van der Waals surface area (Å²) in [4.78, 5) is 11.8. The van der Waals surface area contributed by atoms with E-state index >= 15 is 0 Å². The van der Waals surface area contributed by atoms with Crippen molar-refractivity contribution in [2.24, 2.45) is 5.92 Å². The monoisotopic (exact) mass is 292 g/mol. The summed E-state index contributed by atoms with van der Waals surface area (Å²) in [5, 5.41) is 3.44. The van der Waals surface area contributed by atoms with Crippen molar-refractivity contribution in [2.75, 3.05) is 30.4 Å². The van der Waals surface area contributed by atoms with Crippen LogP contribution in [0.2, 0.25) is 0 Å². The fourth-order valence-corrected chi connectivity index (χ4v) is 2.25. The Morgan fingerprint density at radius 1 is 1.14 bits per heavy atom. The molecule has 1 aromatic rings. The second kappa shape index (κ2) is 8.20. The van der Waals surface area contributed by atoms with Crippen molar-refractivity contribution in [2.45, 2.75) is 60.3 Å². The molecule has 1 rings (SSSR count). The quantitative estimate of drug-likeness (QED) is 0.779. The molecule has 0 bridgehead atoms. The summed E-state index contributed by atoms with van der Waals surface area (Å²) in [6, 6.07) is 0. The van der Waals surface area contributed by atoms with Crippen LogP contribution in [0.5, 0.6) is 0 Å². The van der Waals surface area contributed by atoms with Gasteiger partial charge in [0.15, 0.2) is 0 Å². The SMILES string of the molecule is CCCNc1nc(C(C)C)nc(N(C)CC(C)CC)c1C. The smallest absolute Gasteiger partial charge is 0.137 e. The van der Waals surface area contributed by atoms with Crippen LogP contribution in [-0.2, 0) is 0 Å². The standard InChI is InChI=1S/C17H32N4/c1-8-10-18-16-14(6)17(20-15(19-16)12(3)4)21(7)11-13(5)9-2/h12-13H,8-11H2,1-7H3,(H,18,19,20). The maximum Gasteiger partial charge on any atom is 0.137 e. The predicted molar refractivity (Wildman–Crippen MR) is 92.4 cm³/mol. The molecule has 0 radical (unpaired) electrons. The number of nitrogens with zero attached hydrogens (tertiary/aromatic N) is 3. The van der Waals surface area contributed by atoms with Gasteiger partial charge in [-0.05, 0) is 19.3 Å². The molecule has 0 spiro atoms. The lowest BCUT2D eigenvalue weighted by Crippen LogP contribution is -2.26. The van der Waals surface area contributed by atoms with E-state index in [1.54, 1.807) is 0 Å². The molecule has 1 unspecified atom stereocenters. The van der Waals surface area contributed by atoms with Crippen LogP contribution in [0.3, 0.4) is 0 Å². The van der Waals surface area contributed by atoms with Crippen molar-refractivity contribution in [3.63, 3.8) is 0 Å². The summed E-state index contributed by atoms with van der Waals surface area (Å²) in [5.41, 5.74) is 1.15. The Morgan fingerprint density at radius 2 is 1.81 bits per heavy atom. The molecule has 0 aliphatic carbocycles. The first-order valence-corrected chi connectivity index (χ1v) is 8.24. The van der Waals surface area contributed by atoms with E-state index in [1.807, 2.05) is 0 Å². The first-order valence-electron chi connectivity index (χ1n) is 8.24. The summed E-state index contributed by atoms with van der Waals surface area (Å²) < 4.78 is 0. The van der Waals surface area contributed by atoms with Gasteiger partial charge in [0.25, 0.3) is 0 Å². The van der Waals surface area contributed by atoms with Crippen molar-refractivity contribution >= 4 is 11.6 Å². The molecule has 1 heterocycles. The van der Waals surface area contributed by atoms with Crippen LogP contribution in [-0.4, -0.2) is 30.1 Å². The summed E-state index contributed by atoms with van der Waals surface area (Å²) in [6.07, 6.45) is 2.28. The molecule has 0 fully saturated rings. The average molecular weight is 292 g/mol. The van der Waals surface area contributed by atoms with Crippen LogP contribution in [0, 0.1) is 12.8 Å². The van der Waals surface area contributed by atoms with E-state index in [0.29, 0.717) is 11.8 Å². The van der Waals surface area contributed by atoms with Gasteiger partial charge in [-0.15, -0.1) is 0 Å². The van der Waals surface area contributed by atoms with Gasteiger partial charge in [-0.2, -0.15) is 0 Å². The van der Waals surface area contributed by atoms with Gasteiger partial charge in [0.1, 0.15) is 17.5 Å². The average Bonchev–Trinajstić information content (AvgIpc) is 2.45. The highest BCUT2D eigenvalue weighted by molar-refractivity contribution is 5.58. The number of anilines is 2. The zero-order valence-corrected chi connectivity index (χ0v) is 14.8. The van der Waals surface area contributed by atoms with E-state index in [9.17, 15) is 0 Å². The molecule has 0 saturated heterocycles. The maximum absolute atomic E-state index is 4.80. The Balaban J connectivity index is 3.13. The molecule has 4 heteroatoms. The lowest BCUT2D eigenvalue weighted by atomic mass is 10.1. The third-order valence-electron chi connectivity index (χ3n) is 3.84. The molecule has 0 aliphatic rings. The molecular formula is C17H32N4. The molecule has 0 aliphatic heterocycles. The van der Waals surface area contributed by atoms with Gasteiger partial charge in [0.05, 0.1) is 0 Å². The van der Waals surface area contributed by atoms with Gasteiger partial charge >= 0.3 is 0 Å². The van der Waals surface area contributed by atoms with E-state index < -0.39 is 0 Å². The van der Waals surface area contributed by atoms with Crippen LogP contribution in [0.4, 0.5) is 11.6 Å². The molecule has 0 aromatic carbocycles. The van der Waals surface area contributed by atoms with Crippen molar-refractivity contribution in [1.82, 2.24) is 9.97 Å². The summed E-state index contributed by atoms with van der Waals surface area (Å²) in [5.74, 6) is 3.97. The van der Waals surface area contributed by atoms with Crippen LogP contribution in [0.1, 0.15) is 64.8 Å². The van der Waals surface area contributed by atoms with Gasteiger partial charge in [-0.1, -0.05) is 41.0 Å². The Kier molecular flexibility index (Phi) is 6.93. The lowest BCUT2D eigenvalue weighted by molar-refractivity contribution is 0.556. The molecule has 120 valence electrons. The minimum absolute atomic E-state index is 0.337. The molecule has 4 nitrogen and oxygen atoms in total. The van der Waals surface area contributed by atoms with Crippen molar-refractivity contribution in [3.8, 4) is 0 Å². The molecule has 0 amide bonds. The molecule has 21 heavy (non-hydrogen) atoms. The Labute approximate surface area is 130 Å². The van der Waals surface area contributed by atoms with Gasteiger partial charge in [-0.25, -0.2) is 9.97 Å². The highest BCUT2D eigenvalue weighted by atomic mass is 15.2. The zero-order chi connectivity index (χ0) is 16.0. The van der Waals surface area contributed by atoms with Crippen molar-refractivity contribution in [1.29, 1.82) is 0 Å². The molecular weight excluding hydrogens is 260 g/mol. The third-order valence-corrected chi connectivity index (χ3v) is 3.84. The Morgan fingerprint density at radius 3 is 2.33 bits per heavy atom. The van der Waals surface area contributed by atoms with E-state index in [0.717, 1.165) is 42.5 Å². The largest absolute Gasteiger partial charge is 0.370 e. The van der Waals surface area contributed by atoms with Crippen LogP contribution >= 0.6 is 0 Å². The van der Waals surface area contributed by atoms with Gasteiger partial charge in [0, 0.05) is 31.6 Å². The fraction of sp³-hybridized carbons (Fsp3) is 0.765. The van der Waals surface area contributed by atoms with Gasteiger partial charge in [-0.3, -0.25) is 0 Å². The number of rotatable bonds is 8. The van der Waals surface area contributed by atoms with E-state index in [2.05, 4.69) is 58.8 Å². The number of nitrogens with one attached hydrogen (secondary N) is 1. The molecule has 0 saturated carbocycles. The summed E-state index contributed by atoms with van der Waals surface area (Å²) >= 11 is 0. The highest BCUT2D eigenvalue weighted by Gasteiger charge is 2.16. The first kappa shape index (κ1) is 17.7. The summed E-state index contributed by atoms with van der Waals surface area (Å²) in [7, 11) is 2.13. The number of aromatic nitrogens is 2. The van der Waals surface area contributed by atoms with Gasteiger partial charge in [0.2, 0.25) is 0 Å². The highest BCUT2D eigenvalue weighted by Crippen LogP contribution is 2.26. The van der Waals surface area contributed by atoms with E-state index in [1.165, 1.54) is 6.42 Å². The maximum atomic E-state index is 4.80. The normalized spacial score (nSPS) is 12.6. The van der Waals surface area contributed by atoms with Crippen LogP contribution in [0.15, 0.2) is 0 Å². The van der Waals surface area contributed by atoms with Gasteiger partial charge < -0.3 is 10.2 Å². The number of hydrogen-bond acceptors (Lipinski definition) is 4. The van der Waals surface area contributed by atoms with Crippen molar-refractivity contribution < 1.29 is 0 Å². The molecule has 1 aromatic heterocycles. The topological polar surface area (TPSA) is 41.1 Å². The third kappa shape index (κ3) is 4.87. The predicted octanol–water partition coefficient (Wildman–Crippen LogP) is 4.21. The second-order valence-corrected chi connectivity index (χ2v) is 6.35. The van der Waals surface area contributed by atoms with Crippen LogP contribution in [0.25, 0.3) is 0 Å². The Hall–Kier alpha value is -1.32. The minimum atomic E-state index is 0.337. The second-order valence-electron chi connectivity index (χ2n) is 6.35. The van der Waals surface area contributed by atoms with E-state index in [-0.39, 0.29) is 0 Å². The minimum Gasteiger partial charge on any atom is -0.370 e. The Bertz CT molecular complexity index is 443. The van der Waals surface area contributed by atoms with Crippen LogP contribution < -0.4 is 10.2 Å². The lowest BCUT2D eigenvalue weighted by Gasteiger charge is -2.25. The number of hydrogen-bond donors (Lipinski definition) is 1. The molecule has 1 N–H and O–H groups in total. The fourth-order valence-electron chi connectivity index (χ4n) is 2.25. The first-order chi connectivity index (χ1) is 9.90.